The second kappa shape index (κ2) is 8.82. The zero-order valence-electron chi connectivity index (χ0n) is 18.5. The summed E-state index contributed by atoms with van der Waals surface area (Å²) in [7, 11) is 0. The van der Waals surface area contributed by atoms with Gasteiger partial charge in [-0.3, -0.25) is 9.59 Å². The molecule has 1 saturated carbocycles. The van der Waals surface area contributed by atoms with Crippen LogP contribution in [0.3, 0.4) is 0 Å². The van der Waals surface area contributed by atoms with Crippen molar-refractivity contribution in [3.8, 4) is 0 Å². The number of hydrogen-bond acceptors (Lipinski definition) is 4. The number of furan rings is 1. The average Bonchev–Trinajstić information content (AvgIpc) is 3.38. The highest BCUT2D eigenvalue weighted by atomic mass is 79.9. The van der Waals surface area contributed by atoms with Crippen molar-refractivity contribution in [3.63, 3.8) is 0 Å². The van der Waals surface area contributed by atoms with Gasteiger partial charge in [-0.15, -0.1) is 0 Å². The molecule has 1 N–H and O–H groups in total. The number of hydrogen-bond donors (Lipinski definition) is 1. The third-order valence-electron chi connectivity index (χ3n) is 6.86. The minimum atomic E-state index is -0.626. The molecule has 170 valence electrons. The summed E-state index contributed by atoms with van der Waals surface area (Å²) in [6.07, 6.45) is 5.88. The predicted molar refractivity (Wildman–Crippen MR) is 130 cm³/mol. The first kappa shape index (κ1) is 22.0. The van der Waals surface area contributed by atoms with Crippen molar-refractivity contribution in [3.05, 3.63) is 81.2 Å². The molecule has 1 aromatic heterocycles. The molecule has 1 fully saturated rings. The van der Waals surface area contributed by atoms with Crippen molar-refractivity contribution in [1.29, 1.82) is 0 Å². The van der Waals surface area contributed by atoms with Crippen molar-refractivity contribution in [2.75, 3.05) is 0 Å². The zero-order valence-corrected chi connectivity index (χ0v) is 20.1. The molecule has 0 bridgehead atoms. The Balaban J connectivity index is 1.60. The van der Waals surface area contributed by atoms with E-state index in [1.807, 2.05) is 36.4 Å². The Morgan fingerprint density at radius 2 is 1.82 bits per heavy atom. The highest BCUT2D eigenvalue weighted by Gasteiger charge is 2.47. The molecule has 0 radical (unpaired) electrons. The van der Waals surface area contributed by atoms with E-state index in [-0.39, 0.29) is 17.4 Å². The third-order valence-corrected chi connectivity index (χ3v) is 7.36. The number of carbonyl (C=O) groups is 2. The molecule has 33 heavy (non-hydrogen) atoms. The van der Waals surface area contributed by atoms with Crippen LogP contribution in [0.1, 0.15) is 66.8 Å². The molecule has 1 aliphatic heterocycles. The molecule has 1 atom stereocenters. The fourth-order valence-corrected chi connectivity index (χ4v) is 5.49. The first-order valence-corrected chi connectivity index (χ1v) is 12.4. The van der Waals surface area contributed by atoms with E-state index in [1.165, 1.54) is 5.56 Å². The number of Topliss-reactive ketones (excluding diaryl/α,β-unsaturated/α-hetero) is 1. The molecule has 6 heteroatoms. The topological polar surface area (TPSA) is 70.7 Å². The number of aryl methyl sites for hydroxylation is 1. The number of fused-ring (bicyclic) bond motifs is 1. The smallest absolute Gasteiger partial charge is 0.290 e. The van der Waals surface area contributed by atoms with Crippen LogP contribution < -0.4 is 0 Å². The molecule has 5 nitrogen and oxygen atoms in total. The number of nitrogens with zero attached hydrogens (tertiary/aromatic N) is 1. The van der Waals surface area contributed by atoms with Crippen molar-refractivity contribution in [2.24, 2.45) is 0 Å². The van der Waals surface area contributed by atoms with Crippen LogP contribution in [0, 0.1) is 0 Å². The Hall–Kier alpha value is -2.86. The SMILES string of the molecule is CCc1ccc(C2C(C(=O)c3cc4cc(Br)ccc4o3)=C(O)C(=O)N2C2CCCCC2)cc1. The summed E-state index contributed by atoms with van der Waals surface area (Å²) in [4.78, 5) is 28.7. The van der Waals surface area contributed by atoms with Gasteiger partial charge in [-0.1, -0.05) is 66.4 Å². The van der Waals surface area contributed by atoms with Crippen LogP contribution in [0.5, 0.6) is 0 Å². The summed E-state index contributed by atoms with van der Waals surface area (Å²) in [6.45, 7) is 2.09. The molecule has 1 unspecified atom stereocenters. The molecular weight excluding hydrogens is 482 g/mol. The van der Waals surface area contributed by atoms with Gasteiger partial charge in [0.05, 0.1) is 11.6 Å². The lowest BCUT2D eigenvalue weighted by Crippen LogP contribution is -2.41. The second-order valence-electron chi connectivity index (χ2n) is 8.89. The Bertz CT molecular complexity index is 1250. The van der Waals surface area contributed by atoms with Gasteiger partial charge in [0.15, 0.2) is 11.5 Å². The number of aliphatic hydroxyl groups is 1. The summed E-state index contributed by atoms with van der Waals surface area (Å²) < 4.78 is 6.72. The minimum Gasteiger partial charge on any atom is -0.503 e. The predicted octanol–water partition coefficient (Wildman–Crippen LogP) is 6.67. The maximum absolute atomic E-state index is 13.7. The van der Waals surface area contributed by atoms with E-state index in [4.69, 9.17) is 4.42 Å². The number of halogens is 1. The van der Waals surface area contributed by atoms with Crippen LogP contribution in [-0.4, -0.2) is 27.7 Å². The van der Waals surface area contributed by atoms with Crippen molar-refractivity contribution in [1.82, 2.24) is 4.90 Å². The van der Waals surface area contributed by atoms with Gasteiger partial charge >= 0.3 is 0 Å². The van der Waals surface area contributed by atoms with Gasteiger partial charge in [-0.2, -0.15) is 0 Å². The van der Waals surface area contributed by atoms with Crippen LogP contribution in [0.15, 0.2) is 68.8 Å². The molecule has 5 rings (SSSR count). The Labute approximate surface area is 201 Å². The van der Waals surface area contributed by atoms with E-state index in [0.717, 1.165) is 53.9 Å². The first-order chi connectivity index (χ1) is 16.0. The van der Waals surface area contributed by atoms with Gasteiger partial charge in [-0.05, 0) is 54.7 Å². The highest BCUT2D eigenvalue weighted by Crippen LogP contribution is 2.43. The molecule has 0 saturated heterocycles. The van der Waals surface area contributed by atoms with Gasteiger partial charge in [0.2, 0.25) is 5.78 Å². The number of rotatable bonds is 5. The number of benzene rings is 2. The summed E-state index contributed by atoms with van der Waals surface area (Å²) >= 11 is 3.44. The maximum atomic E-state index is 13.7. The number of amides is 1. The lowest BCUT2D eigenvalue weighted by molar-refractivity contribution is -0.132. The summed E-state index contributed by atoms with van der Waals surface area (Å²) in [6, 6.07) is 14.5. The fraction of sp³-hybridized carbons (Fsp3) is 0.333. The van der Waals surface area contributed by atoms with Crippen LogP contribution in [0.4, 0.5) is 0 Å². The number of carbonyl (C=O) groups excluding carboxylic acids is 2. The van der Waals surface area contributed by atoms with Crippen LogP contribution in [-0.2, 0) is 11.2 Å². The fourth-order valence-electron chi connectivity index (χ4n) is 5.11. The minimum absolute atomic E-state index is 0.00109. The number of aliphatic hydroxyl groups excluding tert-OH is 1. The Kier molecular flexibility index (Phi) is 5.87. The molecule has 2 aliphatic rings. The Morgan fingerprint density at radius 3 is 2.52 bits per heavy atom. The van der Waals surface area contributed by atoms with Crippen molar-refractivity contribution < 1.29 is 19.1 Å². The normalized spacial score (nSPS) is 19.6. The van der Waals surface area contributed by atoms with Gasteiger partial charge in [0, 0.05) is 15.9 Å². The molecule has 0 spiro atoms. The molecule has 2 heterocycles. The van der Waals surface area contributed by atoms with Crippen LogP contribution in [0.25, 0.3) is 11.0 Å². The third kappa shape index (κ3) is 3.90. The lowest BCUT2D eigenvalue weighted by Gasteiger charge is -2.36. The summed E-state index contributed by atoms with van der Waals surface area (Å²) in [5.41, 5.74) is 2.69. The molecule has 1 aliphatic carbocycles. The highest BCUT2D eigenvalue weighted by molar-refractivity contribution is 9.10. The quantitative estimate of drug-likeness (QED) is 0.391. The molecule has 2 aromatic carbocycles. The summed E-state index contributed by atoms with van der Waals surface area (Å²) in [5.74, 6) is -1.25. The zero-order chi connectivity index (χ0) is 23.1. The first-order valence-electron chi connectivity index (χ1n) is 11.6. The number of ketones is 1. The standard InChI is InChI=1S/C27H26BrNO4/c1-2-16-8-10-17(11-9-16)24-23(26(31)27(32)29(24)20-6-4-3-5-7-20)25(30)22-15-18-14-19(28)12-13-21(18)33-22/h8-15,20,24,31H,2-7H2,1H3. The molecule has 1 amide bonds. The van der Waals surface area contributed by atoms with E-state index in [2.05, 4.69) is 22.9 Å². The van der Waals surface area contributed by atoms with Crippen LogP contribution >= 0.6 is 15.9 Å². The Morgan fingerprint density at radius 1 is 1.09 bits per heavy atom. The summed E-state index contributed by atoms with van der Waals surface area (Å²) in [5, 5.41) is 11.7. The van der Waals surface area contributed by atoms with Gasteiger partial charge < -0.3 is 14.4 Å². The maximum Gasteiger partial charge on any atom is 0.290 e. The van der Waals surface area contributed by atoms with Crippen molar-refractivity contribution in [2.45, 2.75) is 57.5 Å². The van der Waals surface area contributed by atoms with Gasteiger partial charge in [0.25, 0.3) is 5.91 Å². The monoisotopic (exact) mass is 507 g/mol. The van der Waals surface area contributed by atoms with Crippen LogP contribution in [0.2, 0.25) is 0 Å². The van der Waals surface area contributed by atoms with E-state index in [1.54, 1.807) is 17.0 Å². The second-order valence-corrected chi connectivity index (χ2v) is 9.80. The van der Waals surface area contributed by atoms with Crippen molar-refractivity contribution >= 4 is 38.6 Å². The van der Waals surface area contributed by atoms with E-state index >= 15 is 0 Å². The van der Waals surface area contributed by atoms with Gasteiger partial charge in [0.1, 0.15) is 5.58 Å². The lowest BCUT2D eigenvalue weighted by atomic mass is 9.90. The van der Waals surface area contributed by atoms with E-state index in [9.17, 15) is 14.7 Å². The van der Waals surface area contributed by atoms with Gasteiger partial charge in [-0.25, -0.2) is 0 Å². The largest absolute Gasteiger partial charge is 0.503 e. The van der Waals surface area contributed by atoms with E-state index in [0.29, 0.717) is 5.58 Å². The van der Waals surface area contributed by atoms with E-state index < -0.39 is 23.5 Å². The average molecular weight is 508 g/mol. The molecule has 3 aromatic rings. The molecular formula is C27H26BrNO4.